The van der Waals surface area contributed by atoms with Gasteiger partial charge in [-0.2, -0.15) is 26.3 Å². The van der Waals surface area contributed by atoms with Crippen LogP contribution in [0.2, 0.25) is 0 Å². The number of methoxy groups -OCH3 is 1. The van der Waals surface area contributed by atoms with Gasteiger partial charge in [0.15, 0.2) is 0 Å². The maximum atomic E-state index is 12.7. The molecule has 0 saturated heterocycles. The average Bonchev–Trinajstić information content (AvgIpc) is 1.49. The fraction of sp³-hybridized carbons (Fsp3) is 0.158. The first-order valence-electron chi connectivity index (χ1n) is 30.4. The second-order valence-corrected chi connectivity index (χ2v) is 26.0. The number of aliphatic hydroxyl groups is 1. The number of carbonyl (C=O) groups is 1. The van der Waals surface area contributed by atoms with Crippen molar-refractivity contribution < 1.29 is 49.4 Å². The summed E-state index contributed by atoms with van der Waals surface area (Å²) in [5, 5.41) is 13.3. The number of anilines is 2. The smallest absolute Gasteiger partial charge is 0.416 e. The molecule has 20 heteroatoms. The zero-order valence-electron chi connectivity index (χ0n) is 53.3. The fourth-order valence-electron chi connectivity index (χ4n) is 10.4. The molecule has 0 bridgehead atoms. The number of alkyl halides is 6. The number of rotatable bonds is 14. The molecule has 96 heavy (non-hydrogen) atoms. The molecular weight excluding hydrogens is 1250 g/mol. The van der Waals surface area contributed by atoms with Gasteiger partial charge in [-0.25, -0.2) is 28.2 Å². The van der Waals surface area contributed by atoms with Crippen LogP contribution in [0.5, 0.6) is 0 Å². The molecule has 0 aliphatic carbocycles. The molecule has 0 atom stereocenters. The van der Waals surface area contributed by atoms with Gasteiger partial charge in [-0.3, -0.25) is 10.0 Å². The Morgan fingerprint density at radius 3 is 1.21 bits per heavy atom. The van der Waals surface area contributed by atoms with Gasteiger partial charge in [-0.15, -0.1) is 0 Å². The Bertz CT molecular complexity index is 4940. The number of nitrogens with zero attached hydrogens (tertiary/aromatic N) is 3. The highest BCUT2D eigenvalue weighted by atomic mass is 32.2. The number of imidazole rings is 3. The predicted molar refractivity (Wildman–Crippen MR) is 374 cm³/mol. The molecule has 0 radical (unpaired) electrons. The second-order valence-electron chi connectivity index (χ2n) is 24.0. The number of hydrogen-bond acceptors (Lipinski definition) is 8. The molecule has 0 fully saturated rings. The molecule has 0 unspecified atom stereocenters. The summed E-state index contributed by atoms with van der Waals surface area (Å²) >= 11 is 0. The minimum Gasteiger partial charge on any atom is -0.453 e. The van der Waals surface area contributed by atoms with Gasteiger partial charge >= 0.3 is 18.4 Å². The first-order valence-corrected chi connectivity index (χ1v) is 32.1. The lowest BCUT2D eigenvalue weighted by atomic mass is 9.87. The SMILES string of the molecule is CC(C)(C)c1ccc(/C=C/c2nc3ccc(-c4ccccc4C(C)(C)O)cc3[nH]2)cc1.CCS(=O)(=O)Nc1ccccc1-c1ccc2nc(/C=C/c3ccc(C(F)(F)F)cc3)[nH]c2c1.COC(=O)Nc1ccccc1-c1ccc2nc(/C=C/c3ccc(C(F)(F)F)cc3)[nH]c2c1. The van der Waals surface area contributed by atoms with Crippen LogP contribution in [0.1, 0.15) is 98.0 Å². The molecule has 6 N–H and O–H groups in total. The molecule has 490 valence electrons. The molecule has 1 amide bonds. The number of H-pyrrole nitrogens is 3. The van der Waals surface area contributed by atoms with Crippen LogP contribution in [0.15, 0.2) is 200 Å². The van der Waals surface area contributed by atoms with Crippen LogP contribution in [0, 0.1) is 0 Å². The number of hydrogen-bond donors (Lipinski definition) is 6. The Labute approximate surface area is 551 Å². The van der Waals surface area contributed by atoms with E-state index >= 15 is 0 Å². The number of fused-ring (bicyclic) bond motifs is 3. The van der Waals surface area contributed by atoms with E-state index in [1.807, 2.05) is 117 Å². The van der Waals surface area contributed by atoms with Gasteiger partial charge in [0.2, 0.25) is 10.0 Å². The summed E-state index contributed by atoms with van der Waals surface area (Å²) in [5.41, 5.74) is 13.8. The van der Waals surface area contributed by atoms with Gasteiger partial charge in [-0.1, -0.05) is 166 Å². The molecule has 3 aromatic heterocycles. The Hall–Kier alpha value is -10.8. The third-order valence-corrected chi connectivity index (χ3v) is 16.8. The van der Waals surface area contributed by atoms with E-state index in [2.05, 4.69) is 103 Å². The number of amides is 1. The second kappa shape index (κ2) is 28.4. The minimum absolute atomic E-state index is 0.0322. The number of carbonyl (C=O) groups excluding carboxylic acids is 1. The normalized spacial score (nSPS) is 12.3. The number of halogens is 6. The van der Waals surface area contributed by atoms with Gasteiger partial charge in [0.25, 0.3) is 0 Å². The largest absolute Gasteiger partial charge is 0.453 e. The van der Waals surface area contributed by atoms with E-state index < -0.39 is 45.2 Å². The van der Waals surface area contributed by atoms with Crippen molar-refractivity contribution in [1.82, 2.24) is 29.9 Å². The highest BCUT2D eigenvalue weighted by Gasteiger charge is 2.31. The topological polar surface area (TPSA) is 191 Å². The van der Waals surface area contributed by atoms with Crippen molar-refractivity contribution in [2.75, 3.05) is 22.9 Å². The average molecular weight is 1320 g/mol. The van der Waals surface area contributed by atoms with E-state index in [9.17, 15) is 44.7 Å². The third kappa shape index (κ3) is 17.3. The van der Waals surface area contributed by atoms with Crippen molar-refractivity contribution in [2.45, 2.75) is 64.9 Å². The number of aromatic amines is 3. The summed E-state index contributed by atoms with van der Waals surface area (Å²) < 4.78 is 108. The predicted octanol–water partition coefficient (Wildman–Crippen LogP) is 19.7. The molecule has 0 saturated carbocycles. The summed E-state index contributed by atoms with van der Waals surface area (Å²) in [4.78, 5) is 35.1. The van der Waals surface area contributed by atoms with Gasteiger partial charge in [0, 0.05) is 11.1 Å². The molecule has 13 nitrogen and oxygen atoms in total. The lowest BCUT2D eigenvalue weighted by molar-refractivity contribution is -0.138. The molecule has 0 spiro atoms. The highest BCUT2D eigenvalue weighted by Crippen LogP contribution is 2.36. The monoisotopic (exact) mass is 1320 g/mol. The third-order valence-electron chi connectivity index (χ3n) is 15.5. The van der Waals surface area contributed by atoms with Crippen LogP contribution in [0.4, 0.5) is 42.5 Å². The van der Waals surface area contributed by atoms with Crippen molar-refractivity contribution in [3.8, 4) is 33.4 Å². The number of aromatic nitrogens is 6. The Morgan fingerprint density at radius 2 is 0.833 bits per heavy atom. The van der Waals surface area contributed by atoms with Crippen LogP contribution in [0.3, 0.4) is 0 Å². The van der Waals surface area contributed by atoms with E-state index in [0.29, 0.717) is 39.7 Å². The highest BCUT2D eigenvalue weighted by molar-refractivity contribution is 7.92. The standard InChI is InChI=1S/C28H30N2O.C24H20F3N3O2S.C24H18F3N3O2/c1-27(2,3)21-14-10-19(11-15-21)12-17-26-29-24-16-13-20(18-25(24)30-26)22-8-6-7-9-23(22)28(4,5)31;1-2-33(31,32)30-20-6-4-3-5-19(20)17-10-13-21-22(15-17)29-23(28-21)14-9-16-7-11-18(12-8-16)24(25,26)27;1-32-23(31)30-19-5-3-2-4-18(19)16-9-12-20-21(14-16)29-22(28-20)13-8-15-6-10-17(11-7-15)24(25,26)27/h6-18,31H,1-5H3,(H,29,30);3-15,30H,2H2,1H3,(H,28,29);2-14H,1H3,(H,28,29)(H,30,31)/b17-12+;14-9+;13-8+. The zero-order valence-corrected chi connectivity index (χ0v) is 54.1. The quantitative estimate of drug-likeness (QED) is 0.0580. The van der Waals surface area contributed by atoms with Crippen molar-refractivity contribution in [3.05, 3.63) is 257 Å². The number of benzene rings is 9. The van der Waals surface area contributed by atoms with Crippen LogP contribution in [-0.4, -0.2) is 62.4 Å². The Balaban J connectivity index is 0.000000157. The van der Waals surface area contributed by atoms with Gasteiger partial charge in [0.1, 0.15) is 17.5 Å². The maximum Gasteiger partial charge on any atom is 0.416 e. The summed E-state index contributed by atoms with van der Waals surface area (Å²) in [6, 6.07) is 58.3. The van der Waals surface area contributed by atoms with Gasteiger partial charge in [0.05, 0.1) is 74.1 Å². The number of nitrogens with one attached hydrogen (secondary N) is 5. The van der Waals surface area contributed by atoms with Crippen molar-refractivity contribution in [1.29, 1.82) is 0 Å². The van der Waals surface area contributed by atoms with Crippen LogP contribution >= 0.6 is 0 Å². The molecule has 12 rings (SSSR count). The van der Waals surface area contributed by atoms with Crippen molar-refractivity contribution >= 4 is 97.0 Å². The summed E-state index contributed by atoms with van der Waals surface area (Å²) in [5.74, 6) is 1.90. The Morgan fingerprint density at radius 1 is 0.479 bits per heavy atom. The van der Waals surface area contributed by atoms with E-state index in [1.54, 1.807) is 49.4 Å². The van der Waals surface area contributed by atoms with Crippen molar-refractivity contribution in [2.24, 2.45) is 0 Å². The molecular formula is C76H68F6N8O5S. The van der Waals surface area contributed by atoms with Crippen molar-refractivity contribution in [3.63, 3.8) is 0 Å². The number of ether oxygens (including phenoxy) is 1. The molecule has 0 aliphatic heterocycles. The van der Waals surface area contributed by atoms with E-state index in [1.165, 1.54) is 36.9 Å². The lowest BCUT2D eigenvalue weighted by Crippen LogP contribution is -2.16. The zero-order chi connectivity index (χ0) is 68.6. The van der Waals surface area contributed by atoms with E-state index in [-0.39, 0.29) is 11.2 Å². The maximum absolute atomic E-state index is 12.7. The molecule has 3 heterocycles. The summed E-state index contributed by atoms with van der Waals surface area (Å²) in [6.07, 6.45) is 1.56. The molecule has 0 aliphatic rings. The summed E-state index contributed by atoms with van der Waals surface area (Å²) in [7, 11) is -2.13. The first kappa shape index (κ1) is 68.0. The molecule has 12 aromatic rings. The number of sulfonamides is 1. The minimum atomic E-state index is -4.37. The first-order chi connectivity index (χ1) is 45.6. The van der Waals surface area contributed by atoms with Crippen LogP contribution in [0.25, 0.3) is 103 Å². The number of para-hydroxylation sites is 2. The van der Waals surface area contributed by atoms with Crippen LogP contribution < -0.4 is 10.0 Å². The van der Waals surface area contributed by atoms with E-state index in [4.69, 9.17) is 4.98 Å². The van der Waals surface area contributed by atoms with Crippen LogP contribution in [-0.2, 0) is 38.1 Å². The van der Waals surface area contributed by atoms with Gasteiger partial charge in [-0.05, 0) is 167 Å². The molecule has 9 aromatic carbocycles. The fourth-order valence-corrected chi connectivity index (χ4v) is 11.0. The van der Waals surface area contributed by atoms with E-state index in [0.717, 1.165) is 102 Å². The Kier molecular flexibility index (Phi) is 20.1. The summed E-state index contributed by atoms with van der Waals surface area (Å²) in [6.45, 7) is 11.9. The van der Waals surface area contributed by atoms with Gasteiger partial charge < -0.3 is 24.8 Å². The lowest BCUT2D eigenvalue weighted by Gasteiger charge is -2.21.